The molecule has 0 aliphatic rings. The van der Waals surface area contributed by atoms with Gasteiger partial charge >= 0.3 is 0 Å². The van der Waals surface area contributed by atoms with Crippen LogP contribution in [0.4, 0.5) is 0 Å². The summed E-state index contributed by atoms with van der Waals surface area (Å²) in [4.78, 5) is 4.58. The van der Waals surface area contributed by atoms with Gasteiger partial charge < -0.3 is 0 Å². The standard InChI is InChI=1S/C18H20N2S2/c1-3-4-10-21-13-22-18-17(12-19)16(11-14(2)20-18)15-8-6-5-7-9-15/h5-9,11H,3-4,10,13H2,1-2H3. The van der Waals surface area contributed by atoms with Crippen molar-refractivity contribution in [2.45, 2.75) is 31.7 Å². The minimum atomic E-state index is 0.692. The van der Waals surface area contributed by atoms with Crippen LogP contribution in [0.3, 0.4) is 0 Å². The molecule has 0 radical (unpaired) electrons. The number of thioether (sulfide) groups is 2. The first-order valence-electron chi connectivity index (χ1n) is 7.44. The zero-order valence-corrected chi connectivity index (χ0v) is 14.6. The van der Waals surface area contributed by atoms with Gasteiger partial charge in [-0.1, -0.05) is 55.4 Å². The predicted octanol–water partition coefficient (Wildman–Crippen LogP) is 5.51. The zero-order valence-electron chi connectivity index (χ0n) is 13.0. The zero-order chi connectivity index (χ0) is 15.8. The molecule has 0 aliphatic heterocycles. The molecule has 1 heterocycles. The van der Waals surface area contributed by atoms with Crippen molar-refractivity contribution in [2.24, 2.45) is 0 Å². The Morgan fingerprint density at radius 1 is 1.23 bits per heavy atom. The number of unbranched alkanes of at least 4 members (excludes halogenated alkanes) is 1. The van der Waals surface area contributed by atoms with Crippen LogP contribution in [0, 0.1) is 18.3 Å². The Bertz CT molecular complexity index is 648. The first-order valence-corrected chi connectivity index (χ1v) is 9.58. The highest BCUT2D eigenvalue weighted by atomic mass is 32.2. The molecular formula is C18H20N2S2. The van der Waals surface area contributed by atoms with Crippen LogP contribution in [-0.4, -0.2) is 15.8 Å². The number of nitrogens with zero attached hydrogens (tertiary/aromatic N) is 2. The fourth-order valence-electron chi connectivity index (χ4n) is 2.11. The summed E-state index contributed by atoms with van der Waals surface area (Å²) in [6, 6.07) is 14.4. The molecule has 2 aromatic rings. The molecule has 2 rings (SSSR count). The molecule has 0 amide bonds. The second-order valence-corrected chi connectivity index (χ2v) is 7.43. The van der Waals surface area contributed by atoms with Gasteiger partial charge in [-0.25, -0.2) is 4.98 Å². The lowest BCUT2D eigenvalue weighted by Gasteiger charge is -2.10. The van der Waals surface area contributed by atoms with Crippen molar-refractivity contribution in [3.05, 3.63) is 47.7 Å². The number of rotatable bonds is 7. The maximum absolute atomic E-state index is 9.58. The fourth-order valence-corrected chi connectivity index (χ4v) is 4.36. The monoisotopic (exact) mass is 328 g/mol. The Labute approximate surface area is 141 Å². The number of aromatic nitrogens is 1. The van der Waals surface area contributed by atoms with Crippen molar-refractivity contribution in [2.75, 3.05) is 10.8 Å². The largest absolute Gasteiger partial charge is 0.245 e. The number of hydrogen-bond donors (Lipinski definition) is 0. The molecule has 0 saturated carbocycles. The maximum Gasteiger partial charge on any atom is 0.116 e. The molecule has 1 aromatic carbocycles. The van der Waals surface area contributed by atoms with E-state index in [0.29, 0.717) is 5.56 Å². The molecule has 2 nitrogen and oxygen atoms in total. The Kier molecular flexibility index (Phi) is 6.82. The van der Waals surface area contributed by atoms with Gasteiger partial charge in [0.1, 0.15) is 11.1 Å². The first-order chi connectivity index (χ1) is 10.8. The predicted molar refractivity (Wildman–Crippen MR) is 97.2 cm³/mol. The summed E-state index contributed by atoms with van der Waals surface area (Å²) in [5, 5.41) is 11.4. The van der Waals surface area contributed by atoms with Crippen LogP contribution in [0.1, 0.15) is 31.0 Å². The molecule has 0 bridgehead atoms. The smallest absolute Gasteiger partial charge is 0.116 e. The van der Waals surface area contributed by atoms with Gasteiger partial charge in [0.15, 0.2) is 0 Å². The lowest BCUT2D eigenvalue weighted by molar-refractivity contribution is 0.897. The molecule has 1 aromatic heterocycles. The van der Waals surface area contributed by atoms with Crippen LogP contribution in [0.25, 0.3) is 11.1 Å². The van der Waals surface area contributed by atoms with Gasteiger partial charge in [0.05, 0.1) is 5.56 Å². The molecule has 114 valence electrons. The number of benzene rings is 1. The fraction of sp³-hybridized carbons (Fsp3) is 0.333. The highest BCUT2D eigenvalue weighted by molar-refractivity contribution is 8.15. The van der Waals surface area contributed by atoms with E-state index >= 15 is 0 Å². The quantitative estimate of drug-likeness (QED) is 0.381. The summed E-state index contributed by atoms with van der Waals surface area (Å²) in [6.07, 6.45) is 2.47. The average Bonchev–Trinajstić information content (AvgIpc) is 2.55. The van der Waals surface area contributed by atoms with Gasteiger partial charge in [-0.15, -0.1) is 0 Å². The van der Waals surface area contributed by atoms with Gasteiger partial charge in [0.2, 0.25) is 0 Å². The third-order valence-electron chi connectivity index (χ3n) is 3.23. The second kappa shape index (κ2) is 8.87. The Hall–Kier alpha value is -1.44. The molecule has 0 N–H and O–H groups in total. The van der Waals surface area contributed by atoms with Crippen molar-refractivity contribution in [3.63, 3.8) is 0 Å². The summed E-state index contributed by atoms with van der Waals surface area (Å²) >= 11 is 3.59. The minimum Gasteiger partial charge on any atom is -0.245 e. The van der Waals surface area contributed by atoms with E-state index in [1.165, 1.54) is 18.6 Å². The Morgan fingerprint density at radius 2 is 2.00 bits per heavy atom. The summed E-state index contributed by atoms with van der Waals surface area (Å²) < 4.78 is 0. The van der Waals surface area contributed by atoms with Gasteiger partial charge in [0.25, 0.3) is 0 Å². The summed E-state index contributed by atoms with van der Waals surface area (Å²) in [7, 11) is 0. The van der Waals surface area contributed by atoms with E-state index in [-0.39, 0.29) is 0 Å². The normalized spacial score (nSPS) is 10.4. The molecule has 0 saturated heterocycles. The van der Waals surface area contributed by atoms with Crippen LogP contribution in [0.15, 0.2) is 41.4 Å². The topological polar surface area (TPSA) is 36.7 Å². The summed E-state index contributed by atoms with van der Waals surface area (Å²) in [5.41, 5.74) is 3.71. The van der Waals surface area contributed by atoms with E-state index in [4.69, 9.17) is 0 Å². The van der Waals surface area contributed by atoms with E-state index in [1.54, 1.807) is 11.8 Å². The van der Waals surface area contributed by atoms with E-state index in [1.807, 2.05) is 55.1 Å². The molecule has 0 atom stereocenters. The number of pyridine rings is 1. The van der Waals surface area contributed by atoms with E-state index < -0.39 is 0 Å². The van der Waals surface area contributed by atoms with Crippen molar-refractivity contribution in [1.29, 1.82) is 5.26 Å². The van der Waals surface area contributed by atoms with Crippen LogP contribution >= 0.6 is 23.5 Å². The summed E-state index contributed by atoms with van der Waals surface area (Å²) in [6.45, 7) is 4.19. The third kappa shape index (κ3) is 4.53. The van der Waals surface area contributed by atoms with Crippen LogP contribution in [-0.2, 0) is 0 Å². The number of nitriles is 1. The average molecular weight is 329 g/mol. The number of hydrogen-bond acceptors (Lipinski definition) is 4. The van der Waals surface area contributed by atoms with Crippen molar-refractivity contribution in [3.8, 4) is 17.2 Å². The van der Waals surface area contributed by atoms with Gasteiger partial charge in [-0.3, -0.25) is 0 Å². The third-order valence-corrected chi connectivity index (χ3v) is 5.52. The molecule has 22 heavy (non-hydrogen) atoms. The minimum absolute atomic E-state index is 0.692. The molecule has 4 heteroatoms. The van der Waals surface area contributed by atoms with Gasteiger partial charge in [-0.2, -0.15) is 17.0 Å². The number of aryl methyl sites for hydroxylation is 1. The van der Waals surface area contributed by atoms with Crippen LogP contribution < -0.4 is 0 Å². The highest BCUT2D eigenvalue weighted by Crippen LogP contribution is 2.32. The molecule has 0 aliphatic carbocycles. The SMILES string of the molecule is CCCCSCSc1nc(C)cc(-c2ccccc2)c1C#N. The van der Waals surface area contributed by atoms with Crippen LogP contribution in [0.2, 0.25) is 0 Å². The molecular weight excluding hydrogens is 308 g/mol. The Balaban J connectivity index is 2.23. The molecule has 0 spiro atoms. The van der Waals surface area contributed by atoms with Crippen molar-refractivity contribution < 1.29 is 0 Å². The lowest BCUT2D eigenvalue weighted by Crippen LogP contribution is -1.95. The van der Waals surface area contributed by atoms with E-state index in [9.17, 15) is 5.26 Å². The van der Waals surface area contributed by atoms with Crippen LogP contribution in [0.5, 0.6) is 0 Å². The maximum atomic E-state index is 9.58. The second-order valence-electron chi connectivity index (χ2n) is 4.99. The molecule has 0 fully saturated rings. The van der Waals surface area contributed by atoms with E-state index in [2.05, 4.69) is 18.0 Å². The summed E-state index contributed by atoms with van der Waals surface area (Å²) in [5.74, 6) is 1.17. The van der Waals surface area contributed by atoms with E-state index in [0.717, 1.165) is 26.9 Å². The van der Waals surface area contributed by atoms with Crippen molar-refractivity contribution in [1.82, 2.24) is 4.98 Å². The van der Waals surface area contributed by atoms with Gasteiger partial charge in [-0.05, 0) is 30.7 Å². The Morgan fingerprint density at radius 3 is 2.68 bits per heavy atom. The van der Waals surface area contributed by atoms with Crippen molar-refractivity contribution >= 4 is 23.5 Å². The highest BCUT2D eigenvalue weighted by Gasteiger charge is 2.13. The first kappa shape index (κ1) is 16.9. The lowest BCUT2D eigenvalue weighted by atomic mass is 10.0. The van der Waals surface area contributed by atoms with Gasteiger partial charge in [0, 0.05) is 16.3 Å². The molecule has 0 unspecified atom stereocenters.